The molecule has 1 saturated heterocycles. The summed E-state index contributed by atoms with van der Waals surface area (Å²) in [6, 6.07) is 0.592. The van der Waals surface area contributed by atoms with Crippen LogP contribution in [0.3, 0.4) is 0 Å². The van der Waals surface area contributed by atoms with Crippen LogP contribution in [0.5, 0.6) is 0 Å². The molecule has 1 fully saturated rings. The molecule has 2 atom stereocenters. The first-order chi connectivity index (χ1) is 7.29. The number of piperidine rings is 1. The van der Waals surface area contributed by atoms with Crippen molar-refractivity contribution >= 4 is 11.5 Å². The lowest BCUT2D eigenvalue weighted by molar-refractivity contribution is 0.0762. The van der Waals surface area contributed by atoms with E-state index in [1.807, 2.05) is 5.38 Å². The molecular formula is C10H17N3OS. The standard InChI is InChI=1S/C10H17N3OS/c1-8-2-3-9(6-14)4-13(8)5-10-7-15-12-11-10/h7-9,14H,2-6H2,1H3. The average molecular weight is 227 g/mol. The normalized spacial score (nSPS) is 28.1. The summed E-state index contributed by atoms with van der Waals surface area (Å²) in [6.45, 7) is 4.40. The molecule has 0 spiro atoms. The third-order valence-electron chi connectivity index (χ3n) is 3.14. The van der Waals surface area contributed by atoms with E-state index in [9.17, 15) is 0 Å². The van der Waals surface area contributed by atoms with Crippen molar-refractivity contribution in [1.29, 1.82) is 0 Å². The van der Waals surface area contributed by atoms with E-state index < -0.39 is 0 Å². The maximum atomic E-state index is 9.17. The Balaban J connectivity index is 1.94. The molecule has 2 heterocycles. The van der Waals surface area contributed by atoms with Crippen LogP contribution in [-0.4, -0.2) is 38.8 Å². The van der Waals surface area contributed by atoms with E-state index >= 15 is 0 Å². The Labute approximate surface area is 94.1 Å². The summed E-state index contributed by atoms with van der Waals surface area (Å²) in [6.07, 6.45) is 2.31. The third kappa shape index (κ3) is 2.74. The predicted octanol–water partition coefficient (Wildman–Crippen LogP) is 1.13. The number of rotatable bonds is 3. The molecule has 1 aliphatic rings. The maximum Gasteiger partial charge on any atom is 0.0895 e. The number of hydrogen-bond acceptors (Lipinski definition) is 5. The summed E-state index contributed by atoms with van der Waals surface area (Å²) in [4.78, 5) is 2.39. The first-order valence-electron chi connectivity index (χ1n) is 5.40. The minimum atomic E-state index is 0.304. The minimum absolute atomic E-state index is 0.304. The van der Waals surface area contributed by atoms with Gasteiger partial charge in [-0.2, -0.15) is 0 Å². The Morgan fingerprint density at radius 3 is 3.13 bits per heavy atom. The highest BCUT2D eigenvalue weighted by Crippen LogP contribution is 2.22. The molecule has 0 radical (unpaired) electrons. The molecule has 4 nitrogen and oxygen atoms in total. The van der Waals surface area contributed by atoms with Crippen LogP contribution < -0.4 is 0 Å². The van der Waals surface area contributed by atoms with Crippen LogP contribution in [0.25, 0.3) is 0 Å². The van der Waals surface area contributed by atoms with Gasteiger partial charge in [-0.05, 0) is 37.2 Å². The fraction of sp³-hybridized carbons (Fsp3) is 0.800. The van der Waals surface area contributed by atoms with E-state index in [4.69, 9.17) is 5.11 Å². The van der Waals surface area contributed by atoms with Crippen molar-refractivity contribution in [3.8, 4) is 0 Å². The van der Waals surface area contributed by atoms with Crippen LogP contribution in [0.1, 0.15) is 25.5 Å². The van der Waals surface area contributed by atoms with Gasteiger partial charge in [0.25, 0.3) is 0 Å². The molecular weight excluding hydrogens is 210 g/mol. The Bertz CT molecular complexity index is 291. The average Bonchev–Trinajstić information content (AvgIpc) is 2.74. The van der Waals surface area contributed by atoms with Crippen LogP contribution >= 0.6 is 11.5 Å². The molecule has 0 aromatic carbocycles. The minimum Gasteiger partial charge on any atom is -0.396 e. The fourth-order valence-corrected chi connectivity index (χ4v) is 2.54. The number of aromatic nitrogens is 2. The first-order valence-corrected chi connectivity index (χ1v) is 6.24. The van der Waals surface area contributed by atoms with E-state index in [0.29, 0.717) is 18.6 Å². The van der Waals surface area contributed by atoms with Crippen molar-refractivity contribution in [2.75, 3.05) is 13.2 Å². The Kier molecular flexibility index (Phi) is 3.66. The summed E-state index contributed by atoms with van der Waals surface area (Å²) in [5.41, 5.74) is 1.05. The predicted molar refractivity (Wildman–Crippen MR) is 59.6 cm³/mol. The van der Waals surface area contributed by atoms with Gasteiger partial charge in [0.2, 0.25) is 0 Å². The summed E-state index contributed by atoms with van der Waals surface area (Å²) in [5.74, 6) is 0.438. The lowest BCUT2D eigenvalue weighted by Crippen LogP contribution is -2.42. The third-order valence-corrected chi connectivity index (χ3v) is 3.69. The van der Waals surface area contributed by atoms with Crippen molar-refractivity contribution in [2.24, 2.45) is 5.92 Å². The number of aliphatic hydroxyl groups excluding tert-OH is 1. The zero-order chi connectivity index (χ0) is 10.7. The Morgan fingerprint density at radius 1 is 1.60 bits per heavy atom. The number of hydrogen-bond donors (Lipinski definition) is 1. The number of likely N-dealkylation sites (tertiary alicyclic amines) is 1. The second-order valence-electron chi connectivity index (χ2n) is 4.30. The number of aliphatic hydroxyl groups is 1. The highest BCUT2D eigenvalue weighted by Gasteiger charge is 2.25. The van der Waals surface area contributed by atoms with E-state index in [1.54, 1.807) is 0 Å². The second-order valence-corrected chi connectivity index (χ2v) is 4.91. The highest BCUT2D eigenvalue weighted by molar-refractivity contribution is 7.03. The van der Waals surface area contributed by atoms with Gasteiger partial charge < -0.3 is 5.11 Å². The van der Waals surface area contributed by atoms with Crippen molar-refractivity contribution < 1.29 is 5.11 Å². The zero-order valence-corrected chi connectivity index (χ0v) is 9.78. The van der Waals surface area contributed by atoms with Crippen molar-refractivity contribution in [1.82, 2.24) is 14.5 Å². The smallest absolute Gasteiger partial charge is 0.0895 e. The largest absolute Gasteiger partial charge is 0.396 e. The van der Waals surface area contributed by atoms with Gasteiger partial charge in [-0.15, -0.1) is 5.10 Å². The molecule has 5 heteroatoms. The molecule has 1 N–H and O–H groups in total. The van der Waals surface area contributed by atoms with Gasteiger partial charge in [0.15, 0.2) is 0 Å². The maximum absolute atomic E-state index is 9.17. The van der Waals surface area contributed by atoms with Crippen LogP contribution in [0, 0.1) is 5.92 Å². The van der Waals surface area contributed by atoms with Crippen molar-refractivity contribution in [3.05, 3.63) is 11.1 Å². The van der Waals surface area contributed by atoms with Crippen LogP contribution in [0.15, 0.2) is 5.38 Å². The van der Waals surface area contributed by atoms with E-state index in [1.165, 1.54) is 18.0 Å². The van der Waals surface area contributed by atoms with Gasteiger partial charge in [0, 0.05) is 31.1 Å². The van der Waals surface area contributed by atoms with Gasteiger partial charge in [-0.1, -0.05) is 4.49 Å². The molecule has 2 unspecified atom stereocenters. The van der Waals surface area contributed by atoms with Crippen LogP contribution in [0.2, 0.25) is 0 Å². The quantitative estimate of drug-likeness (QED) is 0.841. The van der Waals surface area contributed by atoms with E-state index in [0.717, 1.165) is 25.2 Å². The molecule has 1 aromatic heterocycles. The second kappa shape index (κ2) is 5.01. The monoisotopic (exact) mass is 227 g/mol. The van der Waals surface area contributed by atoms with Gasteiger partial charge in [-0.3, -0.25) is 4.90 Å². The summed E-state index contributed by atoms with van der Waals surface area (Å²) < 4.78 is 3.87. The van der Waals surface area contributed by atoms with Crippen molar-refractivity contribution in [2.45, 2.75) is 32.4 Å². The topological polar surface area (TPSA) is 49.2 Å². The molecule has 2 rings (SSSR count). The van der Waals surface area contributed by atoms with Gasteiger partial charge in [0.05, 0.1) is 5.69 Å². The lowest BCUT2D eigenvalue weighted by Gasteiger charge is -2.36. The van der Waals surface area contributed by atoms with Gasteiger partial charge >= 0.3 is 0 Å². The molecule has 15 heavy (non-hydrogen) atoms. The summed E-state index contributed by atoms with van der Waals surface area (Å²) >= 11 is 1.40. The highest BCUT2D eigenvalue weighted by atomic mass is 32.1. The molecule has 1 aromatic rings. The molecule has 84 valence electrons. The summed E-state index contributed by atoms with van der Waals surface area (Å²) in [7, 11) is 0. The van der Waals surface area contributed by atoms with Crippen LogP contribution in [-0.2, 0) is 6.54 Å². The van der Waals surface area contributed by atoms with Crippen molar-refractivity contribution in [3.63, 3.8) is 0 Å². The van der Waals surface area contributed by atoms with E-state index in [2.05, 4.69) is 21.4 Å². The molecule has 0 amide bonds. The summed E-state index contributed by atoms with van der Waals surface area (Å²) in [5, 5.41) is 15.2. The molecule has 0 bridgehead atoms. The SMILES string of the molecule is CC1CCC(CO)CN1Cc1csnn1. The zero-order valence-electron chi connectivity index (χ0n) is 8.96. The molecule has 0 saturated carbocycles. The van der Waals surface area contributed by atoms with Gasteiger partial charge in [-0.25, -0.2) is 0 Å². The lowest BCUT2D eigenvalue weighted by atomic mass is 9.94. The number of nitrogens with zero attached hydrogens (tertiary/aromatic N) is 3. The first kappa shape index (κ1) is 11.0. The van der Waals surface area contributed by atoms with Crippen LogP contribution in [0.4, 0.5) is 0 Å². The molecule has 1 aliphatic heterocycles. The van der Waals surface area contributed by atoms with E-state index in [-0.39, 0.29) is 0 Å². The van der Waals surface area contributed by atoms with Gasteiger partial charge in [0.1, 0.15) is 0 Å². The Hall–Kier alpha value is -0.520. The molecule has 0 aliphatic carbocycles. The Morgan fingerprint density at radius 2 is 2.47 bits per heavy atom. The fourth-order valence-electron chi connectivity index (χ4n) is 2.09.